The number of hydrogen-bond donors (Lipinski definition) is 0. The second kappa shape index (κ2) is 3.40. The quantitative estimate of drug-likeness (QED) is 0.438. The minimum absolute atomic E-state index is 0.0811. The fourth-order valence-corrected chi connectivity index (χ4v) is 0.651. The molecule has 0 atom stereocenters. The lowest BCUT2D eigenvalue weighted by atomic mass is 10.3. The zero-order valence-corrected chi connectivity index (χ0v) is 6.01. The average molecular weight is 140 g/mol. The molecule has 0 aliphatic heterocycles. The maximum Gasteiger partial charge on any atom is 0.306 e. The number of carbonyl (C=O) groups is 1. The third-order valence-corrected chi connectivity index (χ3v) is 1.38. The SMILES string of the molecule is C=CCCC(=O)OC1CC1. The van der Waals surface area contributed by atoms with Crippen LogP contribution in [0.1, 0.15) is 25.7 Å². The molecule has 0 bridgehead atoms. The van der Waals surface area contributed by atoms with Crippen molar-refractivity contribution < 1.29 is 9.53 Å². The molecule has 2 heteroatoms. The van der Waals surface area contributed by atoms with Crippen LogP contribution in [0.5, 0.6) is 0 Å². The highest BCUT2D eigenvalue weighted by atomic mass is 16.5. The van der Waals surface area contributed by atoms with Crippen molar-refractivity contribution in [3.05, 3.63) is 12.7 Å². The Morgan fingerprint density at radius 1 is 1.70 bits per heavy atom. The lowest BCUT2D eigenvalue weighted by molar-refractivity contribution is -0.144. The standard InChI is InChI=1S/C8H12O2/c1-2-3-4-8(9)10-7-5-6-7/h2,7H,1,3-6H2. The van der Waals surface area contributed by atoms with E-state index in [4.69, 9.17) is 4.74 Å². The molecule has 0 radical (unpaired) electrons. The maximum absolute atomic E-state index is 10.8. The summed E-state index contributed by atoms with van der Waals surface area (Å²) in [6.07, 6.45) is 5.30. The van der Waals surface area contributed by atoms with Crippen LogP contribution in [-0.2, 0) is 9.53 Å². The van der Waals surface area contributed by atoms with Crippen molar-refractivity contribution in [2.75, 3.05) is 0 Å². The van der Waals surface area contributed by atoms with Gasteiger partial charge in [-0.1, -0.05) is 6.08 Å². The molecule has 2 nitrogen and oxygen atoms in total. The van der Waals surface area contributed by atoms with E-state index in [2.05, 4.69) is 6.58 Å². The molecule has 0 N–H and O–H groups in total. The van der Waals surface area contributed by atoms with E-state index in [1.54, 1.807) is 6.08 Å². The molecule has 0 unspecified atom stereocenters. The Balaban J connectivity index is 2.02. The first-order valence-corrected chi connectivity index (χ1v) is 3.63. The molecule has 1 rings (SSSR count). The van der Waals surface area contributed by atoms with E-state index in [0.717, 1.165) is 19.3 Å². The van der Waals surface area contributed by atoms with Crippen molar-refractivity contribution in [2.24, 2.45) is 0 Å². The topological polar surface area (TPSA) is 26.3 Å². The van der Waals surface area contributed by atoms with E-state index < -0.39 is 0 Å². The van der Waals surface area contributed by atoms with Gasteiger partial charge in [0.25, 0.3) is 0 Å². The van der Waals surface area contributed by atoms with E-state index in [0.29, 0.717) is 6.42 Å². The molecule has 1 saturated carbocycles. The lowest BCUT2D eigenvalue weighted by Crippen LogP contribution is -2.04. The summed E-state index contributed by atoms with van der Waals surface area (Å²) >= 11 is 0. The Morgan fingerprint density at radius 3 is 2.90 bits per heavy atom. The van der Waals surface area contributed by atoms with E-state index in [1.165, 1.54) is 0 Å². The van der Waals surface area contributed by atoms with E-state index >= 15 is 0 Å². The van der Waals surface area contributed by atoms with Crippen LogP contribution in [0.25, 0.3) is 0 Å². The molecule has 10 heavy (non-hydrogen) atoms. The normalized spacial score (nSPS) is 16.4. The van der Waals surface area contributed by atoms with Crippen LogP contribution in [0.4, 0.5) is 0 Å². The van der Waals surface area contributed by atoms with Gasteiger partial charge in [-0.3, -0.25) is 4.79 Å². The van der Waals surface area contributed by atoms with Gasteiger partial charge in [0.05, 0.1) is 0 Å². The molecular formula is C8H12O2. The molecule has 56 valence electrons. The van der Waals surface area contributed by atoms with Crippen molar-refractivity contribution in [3.8, 4) is 0 Å². The van der Waals surface area contributed by atoms with Crippen molar-refractivity contribution in [1.82, 2.24) is 0 Å². The van der Waals surface area contributed by atoms with Crippen LogP contribution < -0.4 is 0 Å². The molecule has 1 aliphatic carbocycles. The summed E-state index contributed by atoms with van der Waals surface area (Å²) in [6.45, 7) is 3.52. The van der Waals surface area contributed by atoms with Crippen LogP contribution in [0.3, 0.4) is 0 Å². The van der Waals surface area contributed by atoms with Gasteiger partial charge in [-0.15, -0.1) is 6.58 Å². The van der Waals surface area contributed by atoms with E-state index in [-0.39, 0.29) is 12.1 Å². The molecule has 0 aromatic rings. The van der Waals surface area contributed by atoms with Crippen LogP contribution >= 0.6 is 0 Å². The number of ether oxygens (including phenoxy) is 1. The Hall–Kier alpha value is -0.790. The van der Waals surface area contributed by atoms with Gasteiger partial charge in [0.15, 0.2) is 0 Å². The van der Waals surface area contributed by atoms with Gasteiger partial charge in [0.2, 0.25) is 0 Å². The first kappa shape index (κ1) is 7.32. The van der Waals surface area contributed by atoms with Gasteiger partial charge in [-0.25, -0.2) is 0 Å². The molecule has 0 saturated heterocycles. The number of rotatable bonds is 4. The highest BCUT2D eigenvalue weighted by Gasteiger charge is 2.25. The molecule has 1 aliphatic rings. The predicted octanol–water partition coefficient (Wildman–Crippen LogP) is 1.66. The van der Waals surface area contributed by atoms with Gasteiger partial charge in [-0.2, -0.15) is 0 Å². The fraction of sp³-hybridized carbons (Fsp3) is 0.625. The molecule has 0 spiro atoms. The summed E-state index contributed by atoms with van der Waals surface area (Å²) in [7, 11) is 0. The maximum atomic E-state index is 10.8. The van der Waals surface area contributed by atoms with Crippen LogP contribution in [0.2, 0.25) is 0 Å². The van der Waals surface area contributed by atoms with Crippen LogP contribution in [0, 0.1) is 0 Å². The summed E-state index contributed by atoms with van der Waals surface area (Å²) in [5, 5.41) is 0. The number of carbonyl (C=O) groups excluding carboxylic acids is 1. The minimum Gasteiger partial charge on any atom is -0.462 e. The number of allylic oxidation sites excluding steroid dienone is 1. The largest absolute Gasteiger partial charge is 0.462 e. The first-order valence-electron chi connectivity index (χ1n) is 3.63. The summed E-state index contributed by atoms with van der Waals surface area (Å²) in [5.74, 6) is -0.0811. The van der Waals surface area contributed by atoms with Gasteiger partial charge in [0.1, 0.15) is 6.10 Å². The van der Waals surface area contributed by atoms with Crippen LogP contribution in [0.15, 0.2) is 12.7 Å². The molecule has 1 fully saturated rings. The zero-order chi connectivity index (χ0) is 7.40. The van der Waals surface area contributed by atoms with Gasteiger partial charge < -0.3 is 4.74 Å². The first-order chi connectivity index (χ1) is 4.83. The summed E-state index contributed by atoms with van der Waals surface area (Å²) in [6, 6.07) is 0. The zero-order valence-electron chi connectivity index (χ0n) is 6.01. The van der Waals surface area contributed by atoms with Gasteiger partial charge in [0, 0.05) is 6.42 Å². The van der Waals surface area contributed by atoms with Crippen molar-refractivity contribution in [1.29, 1.82) is 0 Å². The molecular weight excluding hydrogens is 128 g/mol. The minimum atomic E-state index is -0.0811. The number of hydrogen-bond acceptors (Lipinski definition) is 2. The highest BCUT2D eigenvalue weighted by molar-refractivity contribution is 5.69. The van der Waals surface area contributed by atoms with Gasteiger partial charge in [-0.05, 0) is 19.3 Å². The monoisotopic (exact) mass is 140 g/mol. The Labute approximate surface area is 60.9 Å². The molecule has 0 heterocycles. The number of esters is 1. The van der Waals surface area contributed by atoms with Crippen molar-refractivity contribution in [2.45, 2.75) is 31.8 Å². The average Bonchev–Trinajstić information content (AvgIpc) is 2.67. The third-order valence-electron chi connectivity index (χ3n) is 1.38. The van der Waals surface area contributed by atoms with E-state index in [1.807, 2.05) is 0 Å². The van der Waals surface area contributed by atoms with E-state index in [9.17, 15) is 4.79 Å². The molecule has 0 amide bonds. The lowest BCUT2D eigenvalue weighted by Gasteiger charge is -1.98. The summed E-state index contributed by atoms with van der Waals surface area (Å²) in [5.41, 5.74) is 0. The third kappa shape index (κ3) is 2.67. The fourth-order valence-electron chi connectivity index (χ4n) is 0.651. The Morgan fingerprint density at radius 2 is 2.40 bits per heavy atom. The highest BCUT2D eigenvalue weighted by Crippen LogP contribution is 2.23. The van der Waals surface area contributed by atoms with Gasteiger partial charge >= 0.3 is 5.97 Å². The van der Waals surface area contributed by atoms with Crippen molar-refractivity contribution >= 4 is 5.97 Å². The summed E-state index contributed by atoms with van der Waals surface area (Å²) < 4.78 is 4.98. The Bertz CT molecular complexity index is 136. The second-order valence-corrected chi connectivity index (χ2v) is 2.52. The van der Waals surface area contributed by atoms with Crippen molar-refractivity contribution in [3.63, 3.8) is 0 Å². The predicted molar refractivity (Wildman–Crippen MR) is 38.5 cm³/mol. The molecule has 0 aromatic carbocycles. The molecule has 0 aromatic heterocycles. The summed E-state index contributed by atoms with van der Waals surface area (Å²) in [4.78, 5) is 10.8. The smallest absolute Gasteiger partial charge is 0.306 e. The Kier molecular flexibility index (Phi) is 2.49. The second-order valence-electron chi connectivity index (χ2n) is 2.52. The van der Waals surface area contributed by atoms with Crippen LogP contribution in [-0.4, -0.2) is 12.1 Å².